The highest BCUT2D eigenvalue weighted by Crippen LogP contribution is 2.32. The minimum absolute atomic E-state index is 0.0242. The number of nitrogens with one attached hydrogen (secondary N) is 3. The maximum atomic E-state index is 13.5. The van der Waals surface area contributed by atoms with Crippen molar-refractivity contribution in [1.82, 2.24) is 30.0 Å². The molecule has 0 radical (unpaired) electrons. The number of likely N-dealkylation sites (N-methyl/N-ethyl adjacent to an activating group) is 1. The summed E-state index contributed by atoms with van der Waals surface area (Å²) in [6.45, 7) is 4.62. The molecule has 3 N–H and O–H groups in total. The quantitative estimate of drug-likeness (QED) is 0.438. The molecule has 164 valence electrons. The van der Waals surface area contributed by atoms with Crippen LogP contribution in [0.1, 0.15) is 11.5 Å². The van der Waals surface area contributed by atoms with E-state index in [0.717, 1.165) is 59.5 Å². The highest BCUT2D eigenvalue weighted by atomic mass is 16.1. The second kappa shape index (κ2) is 8.94. The second-order valence-corrected chi connectivity index (χ2v) is 8.35. The Bertz CT molecular complexity index is 1180. The number of hydrogen-bond acceptors (Lipinski definition) is 5. The molecule has 1 saturated heterocycles. The lowest BCUT2D eigenvalue weighted by Crippen LogP contribution is -2.47. The number of hydrogen-bond donors (Lipinski definition) is 3. The molecule has 1 fully saturated rings. The van der Waals surface area contributed by atoms with Crippen LogP contribution in [0.5, 0.6) is 0 Å². The predicted octanol–water partition coefficient (Wildman–Crippen LogP) is 2.92. The van der Waals surface area contributed by atoms with Gasteiger partial charge in [-0.3, -0.25) is 19.8 Å². The van der Waals surface area contributed by atoms with Crippen LogP contribution in [0.2, 0.25) is 0 Å². The van der Waals surface area contributed by atoms with E-state index in [0.29, 0.717) is 6.54 Å². The molecule has 1 amide bonds. The Morgan fingerprint density at radius 2 is 2.00 bits per heavy atom. The van der Waals surface area contributed by atoms with Gasteiger partial charge in [-0.1, -0.05) is 18.2 Å². The van der Waals surface area contributed by atoms with Gasteiger partial charge >= 0.3 is 0 Å². The Labute approximate surface area is 186 Å². The number of H-pyrrole nitrogens is 2. The van der Waals surface area contributed by atoms with E-state index in [-0.39, 0.29) is 11.8 Å². The molecule has 8 heteroatoms. The number of carbonyl (C=O) groups excluding carboxylic acids is 1. The van der Waals surface area contributed by atoms with Crippen molar-refractivity contribution in [2.75, 3.05) is 45.1 Å². The first-order chi connectivity index (χ1) is 15.7. The minimum atomic E-state index is -0.300. The molecule has 4 heterocycles. The number of para-hydroxylation sites is 1. The molecule has 0 bridgehead atoms. The van der Waals surface area contributed by atoms with Gasteiger partial charge in [-0.25, -0.2) is 0 Å². The minimum Gasteiger partial charge on any atom is -0.359 e. The number of piperazine rings is 1. The zero-order chi connectivity index (χ0) is 21.9. The molecule has 1 aliphatic rings. The van der Waals surface area contributed by atoms with Crippen molar-refractivity contribution >= 4 is 22.5 Å². The van der Waals surface area contributed by atoms with Crippen molar-refractivity contribution < 1.29 is 4.79 Å². The molecule has 0 saturated carbocycles. The molecule has 8 nitrogen and oxygen atoms in total. The lowest BCUT2D eigenvalue weighted by Gasteiger charge is -2.34. The van der Waals surface area contributed by atoms with E-state index in [9.17, 15) is 4.79 Å². The van der Waals surface area contributed by atoms with E-state index < -0.39 is 0 Å². The third-order valence-electron chi connectivity index (χ3n) is 6.22. The van der Waals surface area contributed by atoms with Crippen molar-refractivity contribution in [3.05, 3.63) is 66.9 Å². The molecule has 3 aromatic heterocycles. The highest BCUT2D eigenvalue weighted by Gasteiger charge is 2.26. The summed E-state index contributed by atoms with van der Waals surface area (Å²) in [4.78, 5) is 25.8. The van der Waals surface area contributed by atoms with Gasteiger partial charge in [0.05, 0.1) is 23.3 Å². The van der Waals surface area contributed by atoms with Crippen LogP contribution < -0.4 is 5.32 Å². The molecule has 1 atom stereocenters. The molecule has 32 heavy (non-hydrogen) atoms. The lowest BCUT2D eigenvalue weighted by molar-refractivity contribution is -0.118. The predicted molar refractivity (Wildman–Crippen MR) is 125 cm³/mol. The Morgan fingerprint density at radius 1 is 1.12 bits per heavy atom. The number of nitrogens with zero attached hydrogens (tertiary/aromatic N) is 4. The highest BCUT2D eigenvalue weighted by molar-refractivity contribution is 6.07. The third kappa shape index (κ3) is 4.15. The Hall–Kier alpha value is -3.49. The number of aromatic nitrogens is 4. The van der Waals surface area contributed by atoms with E-state index in [2.05, 4.69) is 42.3 Å². The number of amides is 1. The van der Waals surface area contributed by atoms with Gasteiger partial charge in [-0.2, -0.15) is 5.10 Å². The van der Waals surface area contributed by atoms with Crippen molar-refractivity contribution in [3.63, 3.8) is 0 Å². The van der Waals surface area contributed by atoms with Gasteiger partial charge < -0.3 is 15.2 Å². The topological polar surface area (TPSA) is 92.9 Å². The van der Waals surface area contributed by atoms with Crippen molar-refractivity contribution in [3.8, 4) is 11.1 Å². The van der Waals surface area contributed by atoms with Crippen LogP contribution in [0.4, 0.5) is 5.69 Å². The summed E-state index contributed by atoms with van der Waals surface area (Å²) in [5.41, 5.74) is 4.66. The normalized spacial score (nSPS) is 16.3. The molecule has 5 rings (SSSR count). The maximum Gasteiger partial charge on any atom is 0.233 e. The molecule has 1 aliphatic heterocycles. The van der Waals surface area contributed by atoms with E-state index in [1.54, 1.807) is 18.6 Å². The van der Waals surface area contributed by atoms with Crippen LogP contribution in [-0.2, 0) is 4.79 Å². The number of carbonyl (C=O) groups is 1. The van der Waals surface area contributed by atoms with Gasteiger partial charge in [0, 0.05) is 74.0 Å². The van der Waals surface area contributed by atoms with Crippen molar-refractivity contribution in [2.45, 2.75) is 5.92 Å². The van der Waals surface area contributed by atoms with Crippen LogP contribution in [0.15, 0.2) is 61.3 Å². The number of fused-ring (bicyclic) bond motifs is 1. The van der Waals surface area contributed by atoms with Crippen LogP contribution in [0.3, 0.4) is 0 Å². The van der Waals surface area contributed by atoms with E-state index in [4.69, 9.17) is 0 Å². The fourth-order valence-corrected chi connectivity index (χ4v) is 4.33. The van der Waals surface area contributed by atoms with Gasteiger partial charge in [0.1, 0.15) is 0 Å². The van der Waals surface area contributed by atoms with Crippen LogP contribution in [-0.4, -0.2) is 75.6 Å². The number of anilines is 1. The number of pyridine rings is 1. The first-order valence-electron chi connectivity index (χ1n) is 10.9. The summed E-state index contributed by atoms with van der Waals surface area (Å²) >= 11 is 0. The van der Waals surface area contributed by atoms with E-state index in [1.807, 2.05) is 42.7 Å². The Morgan fingerprint density at radius 3 is 2.75 bits per heavy atom. The van der Waals surface area contributed by atoms with Crippen molar-refractivity contribution in [1.29, 1.82) is 0 Å². The SMILES string of the molecule is CN1CCN(C[C@H](C(=O)Nc2cccc3c(-c4cn[nH]c4)c[nH]c23)c2cccnc2)CC1. The fourth-order valence-electron chi connectivity index (χ4n) is 4.33. The molecule has 0 aliphatic carbocycles. The monoisotopic (exact) mass is 429 g/mol. The van der Waals surface area contributed by atoms with Gasteiger partial charge in [0.15, 0.2) is 0 Å². The zero-order valence-corrected chi connectivity index (χ0v) is 18.1. The second-order valence-electron chi connectivity index (χ2n) is 8.35. The summed E-state index contributed by atoms with van der Waals surface area (Å²) in [6, 6.07) is 9.83. The summed E-state index contributed by atoms with van der Waals surface area (Å²) in [5, 5.41) is 11.1. The van der Waals surface area contributed by atoms with Gasteiger partial charge in [-0.05, 0) is 24.7 Å². The molecule has 1 aromatic carbocycles. The average Bonchev–Trinajstić information content (AvgIpc) is 3.49. The smallest absolute Gasteiger partial charge is 0.233 e. The zero-order valence-electron chi connectivity index (χ0n) is 18.1. The van der Waals surface area contributed by atoms with Crippen LogP contribution >= 0.6 is 0 Å². The number of benzene rings is 1. The molecule has 0 unspecified atom stereocenters. The van der Waals surface area contributed by atoms with Gasteiger partial charge in [-0.15, -0.1) is 0 Å². The van der Waals surface area contributed by atoms with Crippen LogP contribution in [0, 0.1) is 0 Å². The van der Waals surface area contributed by atoms with Crippen LogP contribution in [0.25, 0.3) is 22.0 Å². The average molecular weight is 430 g/mol. The fraction of sp³-hybridized carbons (Fsp3) is 0.292. The number of rotatable bonds is 6. The van der Waals surface area contributed by atoms with Gasteiger partial charge in [0.25, 0.3) is 0 Å². The van der Waals surface area contributed by atoms with Gasteiger partial charge in [0.2, 0.25) is 5.91 Å². The van der Waals surface area contributed by atoms with Crippen molar-refractivity contribution in [2.24, 2.45) is 0 Å². The number of aromatic amines is 2. The molecular weight excluding hydrogens is 402 g/mol. The largest absolute Gasteiger partial charge is 0.359 e. The standard InChI is InChI=1S/C24H27N7O/c1-30-8-10-31(11-9-30)16-21(17-4-3-7-25-12-17)24(32)29-22-6-2-5-19-20(15-26-23(19)22)18-13-27-28-14-18/h2-7,12-15,21,26H,8-11,16H2,1H3,(H,27,28)(H,29,32)/t21-/m0/s1. The molecule has 4 aromatic rings. The third-order valence-corrected chi connectivity index (χ3v) is 6.22. The first-order valence-corrected chi connectivity index (χ1v) is 10.9. The summed E-state index contributed by atoms with van der Waals surface area (Å²) in [7, 11) is 2.14. The lowest BCUT2D eigenvalue weighted by atomic mass is 9.98. The summed E-state index contributed by atoms with van der Waals surface area (Å²) in [5.74, 6) is -0.324. The first kappa shape index (κ1) is 20.4. The molecule has 0 spiro atoms. The Balaban J connectivity index is 1.41. The Kier molecular flexibility index (Phi) is 5.70. The maximum absolute atomic E-state index is 13.5. The van der Waals surface area contributed by atoms with E-state index in [1.165, 1.54) is 0 Å². The summed E-state index contributed by atoms with van der Waals surface area (Å²) in [6.07, 6.45) is 9.15. The van der Waals surface area contributed by atoms with E-state index >= 15 is 0 Å². The summed E-state index contributed by atoms with van der Waals surface area (Å²) < 4.78 is 0. The molecular formula is C24H27N7O.